The summed E-state index contributed by atoms with van der Waals surface area (Å²) in [7, 11) is 0. The Morgan fingerprint density at radius 2 is 1.93 bits per heavy atom. The highest BCUT2D eigenvalue weighted by Gasteiger charge is 2.22. The van der Waals surface area contributed by atoms with E-state index in [4.69, 9.17) is 5.73 Å². The van der Waals surface area contributed by atoms with Crippen molar-refractivity contribution in [2.75, 3.05) is 34.0 Å². The fourth-order valence-corrected chi connectivity index (χ4v) is 5.43. The van der Waals surface area contributed by atoms with Gasteiger partial charge in [0.1, 0.15) is 0 Å². The lowest BCUT2D eigenvalue weighted by molar-refractivity contribution is -0.117. The lowest BCUT2D eigenvalue weighted by atomic mass is 10.2. The lowest BCUT2D eigenvalue weighted by Crippen LogP contribution is -2.33. The second-order valence-electron chi connectivity index (χ2n) is 6.28. The van der Waals surface area contributed by atoms with Crippen LogP contribution in [0.25, 0.3) is 0 Å². The molecule has 0 spiro atoms. The van der Waals surface area contributed by atoms with Crippen molar-refractivity contribution in [3.8, 4) is 0 Å². The largest absolute Gasteiger partial charge is 0.368 e. The summed E-state index contributed by atoms with van der Waals surface area (Å²) in [6, 6.07) is 17.5. The van der Waals surface area contributed by atoms with E-state index in [9.17, 15) is 9.59 Å². The first-order valence-corrected chi connectivity index (χ1v) is 11.0. The summed E-state index contributed by atoms with van der Waals surface area (Å²) in [6.45, 7) is 0.678. The normalized spacial score (nSPS) is 16.5. The maximum atomic E-state index is 12.5. The van der Waals surface area contributed by atoms with Crippen LogP contribution in [-0.2, 0) is 16.1 Å². The molecule has 1 unspecified atom stereocenters. The number of anilines is 2. The zero-order chi connectivity index (χ0) is 19.1. The molecule has 5 nitrogen and oxygen atoms in total. The van der Waals surface area contributed by atoms with Gasteiger partial charge in [-0.3, -0.25) is 9.59 Å². The molecule has 2 aromatic rings. The Hall–Kier alpha value is -2.12. The summed E-state index contributed by atoms with van der Waals surface area (Å²) in [4.78, 5) is 25.9. The van der Waals surface area contributed by atoms with Crippen molar-refractivity contribution in [3.05, 3.63) is 60.2 Å². The van der Waals surface area contributed by atoms with Crippen LogP contribution in [-0.4, -0.2) is 40.9 Å². The molecule has 0 saturated carbocycles. The number of thioether (sulfide) groups is 2. The van der Waals surface area contributed by atoms with Crippen LogP contribution in [0.15, 0.2) is 54.6 Å². The van der Waals surface area contributed by atoms with E-state index in [-0.39, 0.29) is 17.7 Å². The number of nitrogens with one attached hydrogen (secondary N) is 1. The topological polar surface area (TPSA) is 75.4 Å². The van der Waals surface area contributed by atoms with Gasteiger partial charge >= 0.3 is 0 Å². The van der Waals surface area contributed by atoms with Crippen LogP contribution < -0.4 is 16.0 Å². The van der Waals surface area contributed by atoms with Crippen LogP contribution in [0, 0.1) is 0 Å². The van der Waals surface area contributed by atoms with Crippen LogP contribution in [0.5, 0.6) is 0 Å². The van der Waals surface area contributed by atoms with Crippen molar-refractivity contribution in [1.29, 1.82) is 0 Å². The number of carbonyl (C=O) groups is 2. The number of hydrogen-bond donors (Lipinski definition) is 2. The van der Waals surface area contributed by atoms with E-state index in [1.807, 2.05) is 71.3 Å². The van der Waals surface area contributed by atoms with Crippen molar-refractivity contribution < 1.29 is 9.59 Å². The number of rotatable bonds is 7. The third kappa shape index (κ3) is 5.94. The number of benzene rings is 2. The van der Waals surface area contributed by atoms with Gasteiger partial charge in [0.2, 0.25) is 11.8 Å². The molecule has 2 aromatic carbocycles. The van der Waals surface area contributed by atoms with E-state index < -0.39 is 5.91 Å². The van der Waals surface area contributed by atoms with Crippen LogP contribution in [0.2, 0.25) is 0 Å². The Balaban J connectivity index is 1.73. The van der Waals surface area contributed by atoms with Gasteiger partial charge in [-0.1, -0.05) is 36.4 Å². The quantitative estimate of drug-likeness (QED) is 0.746. The predicted molar refractivity (Wildman–Crippen MR) is 115 cm³/mol. The summed E-state index contributed by atoms with van der Waals surface area (Å²) in [5.74, 6) is 2.60. The Labute approximate surface area is 168 Å². The molecule has 142 valence electrons. The number of nitrogens with two attached hydrogens (primary N) is 1. The molecule has 1 saturated heterocycles. The average molecular weight is 402 g/mol. The number of primary amides is 1. The molecule has 2 amide bonds. The molecular weight excluding hydrogens is 378 g/mol. The van der Waals surface area contributed by atoms with E-state index in [2.05, 4.69) is 5.32 Å². The number of carbonyl (C=O) groups excluding carboxylic acids is 2. The fraction of sp³-hybridized carbons (Fsp3) is 0.300. The minimum Gasteiger partial charge on any atom is -0.368 e. The molecular formula is C20H23N3O2S2. The molecule has 0 bridgehead atoms. The first-order valence-electron chi connectivity index (χ1n) is 8.79. The molecule has 1 atom stereocenters. The Bertz CT molecular complexity index is 780. The molecule has 3 N–H and O–H groups in total. The summed E-state index contributed by atoms with van der Waals surface area (Å²) >= 11 is 3.52. The first kappa shape index (κ1) is 19.6. The van der Waals surface area contributed by atoms with Crippen LogP contribution in [0.4, 0.5) is 11.4 Å². The van der Waals surface area contributed by atoms with Gasteiger partial charge in [-0.15, -0.1) is 11.8 Å². The van der Waals surface area contributed by atoms with Crippen molar-refractivity contribution in [2.45, 2.75) is 11.8 Å². The SMILES string of the molecule is NC(=O)CN(Cc1ccccc1)c1cccc(NC(=O)C2CSCCS2)c1. The maximum absolute atomic E-state index is 12.5. The zero-order valence-corrected chi connectivity index (χ0v) is 16.6. The smallest absolute Gasteiger partial charge is 0.238 e. The van der Waals surface area contributed by atoms with Gasteiger partial charge in [0.15, 0.2) is 0 Å². The highest BCUT2D eigenvalue weighted by Crippen LogP contribution is 2.26. The van der Waals surface area contributed by atoms with Crippen molar-refractivity contribution in [1.82, 2.24) is 0 Å². The molecule has 0 radical (unpaired) electrons. The number of hydrogen-bond acceptors (Lipinski definition) is 5. The molecule has 3 rings (SSSR count). The van der Waals surface area contributed by atoms with Gasteiger partial charge in [-0.25, -0.2) is 0 Å². The maximum Gasteiger partial charge on any atom is 0.238 e. The molecule has 7 heteroatoms. The minimum absolute atomic E-state index is 0.0153. The lowest BCUT2D eigenvalue weighted by Gasteiger charge is -2.25. The molecule has 1 fully saturated rings. The molecule has 0 aromatic heterocycles. The van der Waals surface area contributed by atoms with Crippen LogP contribution in [0.1, 0.15) is 5.56 Å². The van der Waals surface area contributed by atoms with E-state index in [1.165, 1.54) is 0 Å². The zero-order valence-electron chi connectivity index (χ0n) is 15.0. The highest BCUT2D eigenvalue weighted by molar-refractivity contribution is 8.07. The summed E-state index contributed by atoms with van der Waals surface area (Å²) in [5.41, 5.74) is 8.11. The average Bonchev–Trinajstić information content (AvgIpc) is 2.69. The molecule has 1 heterocycles. The van der Waals surface area contributed by atoms with E-state index in [0.717, 1.165) is 34.2 Å². The number of nitrogens with zero attached hydrogens (tertiary/aromatic N) is 1. The fourth-order valence-electron chi connectivity index (χ4n) is 2.87. The van der Waals surface area contributed by atoms with Crippen LogP contribution >= 0.6 is 23.5 Å². The minimum atomic E-state index is -0.393. The Kier molecular flexibility index (Phi) is 7.06. The first-order chi connectivity index (χ1) is 13.1. The van der Waals surface area contributed by atoms with Crippen LogP contribution in [0.3, 0.4) is 0 Å². The van der Waals surface area contributed by atoms with Gasteiger partial charge in [-0.05, 0) is 23.8 Å². The summed E-state index contributed by atoms with van der Waals surface area (Å²) in [5, 5.41) is 2.99. The van der Waals surface area contributed by atoms with Gasteiger partial charge in [0.25, 0.3) is 0 Å². The number of amides is 2. The third-order valence-electron chi connectivity index (χ3n) is 4.15. The summed E-state index contributed by atoms with van der Waals surface area (Å²) < 4.78 is 0. The summed E-state index contributed by atoms with van der Waals surface area (Å²) in [6.07, 6.45) is 0. The molecule has 0 aliphatic carbocycles. The van der Waals surface area contributed by atoms with Crippen molar-refractivity contribution >= 4 is 46.7 Å². The van der Waals surface area contributed by atoms with E-state index >= 15 is 0 Å². The second kappa shape index (κ2) is 9.71. The van der Waals surface area contributed by atoms with Crippen molar-refractivity contribution in [2.24, 2.45) is 5.73 Å². The molecule has 1 aliphatic rings. The third-order valence-corrected chi connectivity index (χ3v) is 6.90. The van der Waals surface area contributed by atoms with Gasteiger partial charge < -0.3 is 16.0 Å². The van der Waals surface area contributed by atoms with E-state index in [0.29, 0.717) is 6.54 Å². The van der Waals surface area contributed by atoms with E-state index in [1.54, 1.807) is 11.8 Å². The predicted octanol–water partition coefficient (Wildman–Crippen LogP) is 2.97. The van der Waals surface area contributed by atoms with Gasteiger partial charge in [-0.2, -0.15) is 11.8 Å². The Morgan fingerprint density at radius 1 is 1.11 bits per heavy atom. The van der Waals surface area contributed by atoms with Gasteiger partial charge in [0, 0.05) is 35.2 Å². The Morgan fingerprint density at radius 3 is 2.63 bits per heavy atom. The second-order valence-corrected chi connectivity index (χ2v) is 8.74. The highest BCUT2D eigenvalue weighted by atomic mass is 32.2. The monoisotopic (exact) mass is 401 g/mol. The molecule has 27 heavy (non-hydrogen) atoms. The molecule has 1 aliphatic heterocycles. The van der Waals surface area contributed by atoms with Crippen molar-refractivity contribution in [3.63, 3.8) is 0 Å². The van der Waals surface area contributed by atoms with Gasteiger partial charge in [0.05, 0.1) is 11.8 Å². The standard InChI is InChI=1S/C20H23N3O2S2/c21-19(24)13-23(12-15-5-2-1-3-6-15)17-8-4-7-16(11-17)22-20(25)18-14-26-9-10-27-18/h1-8,11,18H,9-10,12-14H2,(H2,21,24)(H,22,25).